The molecule has 9 heteroatoms. The highest BCUT2D eigenvalue weighted by Crippen LogP contribution is 2.53. The lowest BCUT2D eigenvalue weighted by molar-refractivity contribution is -0.116. The van der Waals surface area contributed by atoms with Crippen LogP contribution in [-0.2, 0) is 10.2 Å². The second-order valence-electron chi connectivity index (χ2n) is 8.58. The maximum atomic E-state index is 14.5. The average molecular weight is 482 g/mol. The summed E-state index contributed by atoms with van der Waals surface area (Å²) in [6, 6.07) is 13.1. The van der Waals surface area contributed by atoms with Gasteiger partial charge in [0.05, 0.1) is 12.8 Å². The van der Waals surface area contributed by atoms with Crippen LogP contribution in [0.1, 0.15) is 31.7 Å². The molecule has 1 fully saturated rings. The highest BCUT2D eigenvalue weighted by atomic mass is 35.5. The molecule has 1 saturated carbocycles. The largest absolute Gasteiger partial charge is 0.494 e. The summed E-state index contributed by atoms with van der Waals surface area (Å²) >= 11 is 5.86. The Labute approximate surface area is 202 Å². The molecule has 2 heterocycles. The summed E-state index contributed by atoms with van der Waals surface area (Å²) in [4.78, 5) is 22.6. The molecule has 1 aromatic heterocycles. The van der Waals surface area contributed by atoms with E-state index in [4.69, 9.17) is 16.3 Å². The maximum Gasteiger partial charge on any atom is 0.241 e. The molecule has 1 spiro atoms. The van der Waals surface area contributed by atoms with E-state index in [1.165, 1.54) is 0 Å². The van der Waals surface area contributed by atoms with Gasteiger partial charge in [0.15, 0.2) is 11.6 Å². The average Bonchev–Trinajstić information content (AvgIpc) is 3.18. The molecule has 1 aliphatic heterocycles. The van der Waals surface area contributed by atoms with Gasteiger partial charge in [-0.3, -0.25) is 4.79 Å². The van der Waals surface area contributed by atoms with E-state index >= 15 is 0 Å². The zero-order valence-electron chi connectivity index (χ0n) is 18.8. The van der Waals surface area contributed by atoms with Crippen molar-refractivity contribution >= 4 is 46.3 Å². The molecule has 3 aromatic rings. The standard InChI is InChI=1S/C25H25ClFN5O2/c1-2-34-18-7-4-16(5-8-18)30-24-28-14-20(27)23(31-24)29-17-6-9-19-21(12-17)32(22(33)13-26)15-25(19)10-3-11-25/h4-9,12,14H,2-3,10-11,13,15H2,1H3,(H2,28,29,30,31). The van der Waals surface area contributed by atoms with Gasteiger partial charge in [0, 0.05) is 29.0 Å². The maximum absolute atomic E-state index is 14.5. The normalized spacial score (nSPS) is 15.6. The van der Waals surface area contributed by atoms with Crippen molar-refractivity contribution in [2.24, 2.45) is 0 Å². The Kier molecular flexibility index (Phi) is 6.00. The first kappa shape index (κ1) is 22.4. The number of aromatic nitrogens is 2. The van der Waals surface area contributed by atoms with Gasteiger partial charge in [0.25, 0.3) is 0 Å². The first-order valence-electron chi connectivity index (χ1n) is 11.3. The summed E-state index contributed by atoms with van der Waals surface area (Å²) in [6.45, 7) is 3.16. The summed E-state index contributed by atoms with van der Waals surface area (Å²) < 4.78 is 20.0. The molecule has 0 atom stereocenters. The number of amides is 1. The van der Waals surface area contributed by atoms with E-state index in [0.29, 0.717) is 18.8 Å². The molecule has 0 unspecified atom stereocenters. The van der Waals surface area contributed by atoms with E-state index in [9.17, 15) is 9.18 Å². The summed E-state index contributed by atoms with van der Waals surface area (Å²) in [5.41, 5.74) is 3.39. The van der Waals surface area contributed by atoms with Gasteiger partial charge in [0.2, 0.25) is 11.9 Å². The van der Waals surface area contributed by atoms with Gasteiger partial charge in [-0.15, -0.1) is 11.6 Å². The summed E-state index contributed by atoms with van der Waals surface area (Å²) in [5.74, 6) is 0.267. The molecule has 0 bridgehead atoms. The Bertz CT molecular complexity index is 1220. The highest BCUT2D eigenvalue weighted by molar-refractivity contribution is 6.29. The first-order valence-corrected chi connectivity index (χ1v) is 11.8. The van der Waals surface area contributed by atoms with Gasteiger partial charge in [-0.05, 0) is 61.7 Å². The molecule has 2 aliphatic rings. The lowest BCUT2D eigenvalue weighted by Crippen LogP contribution is -2.41. The van der Waals surface area contributed by atoms with Crippen LogP contribution in [0.4, 0.5) is 33.2 Å². The number of nitrogens with one attached hydrogen (secondary N) is 2. The molecule has 0 radical (unpaired) electrons. The molecule has 34 heavy (non-hydrogen) atoms. The number of alkyl halides is 1. The number of halogens is 2. The van der Waals surface area contributed by atoms with Crippen molar-refractivity contribution in [2.45, 2.75) is 31.6 Å². The van der Waals surface area contributed by atoms with Gasteiger partial charge in [0.1, 0.15) is 11.6 Å². The summed E-state index contributed by atoms with van der Waals surface area (Å²) in [6.07, 6.45) is 4.38. The molecule has 1 aliphatic carbocycles. The second kappa shape index (κ2) is 9.10. The number of rotatable bonds is 7. The lowest BCUT2D eigenvalue weighted by Gasteiger charge is -2.38. The van der Waals surface area contributed by atoms with Crippen LogP contribution in [-0.4, -0.2) is 34.9 Å². The third-order valence-electron chi connectivity index (χ3n) is 6.47. The molecule has 1 amide bonds. The summed E-state index contributed by atoms with van der Waals surface area (Å²) in [7, 11) is 0. The number of nitrogens with zero attached hydrogens (tertiary/aromatic N) is 3. The molecule has 176 valence electrons. The summed E-state index contributed by atoms with van der Waals surface area (Å²) in [5, 5.41) is 6.11. The number of hydrogen-bond donors (Lipinski definition) is 2. The van der Waals surface area contributed by atoms with Crippen molar-refractivity contribution in [2.75, 3.05) is 34.6 Å². The number of fused-ring (bicyclic) bond motifs is 2. The number of anilines is 5. The van der Waals surface area contributed by atoms with Crippen LogP contribution in [0.25, 0.3) is 0 Å². The Morgan fingerprint density at radius 1 is 1.18 bits per heavy atom. The number of hydrogen-bond acceptors (Lipinski definition) is 6. The Balaban J connectivity index is 1.38. The quantitative estimate of drug-likeness (QED) is 0.433. The van der Waals surface area contributed by atoms with Crippen LogP contribution >= 0.6 is 11.6 Å². The van der Waals surface area contributed by atoms with Gasteiger partial charge in [-0.1, -0.05) is 12.5 Å². The van der Waals surface area contributed by atoms with Gasteiger partial charge >= 0.3 is 0 Å². The van der Waals surface area contributed by atoms with E-state index < -0.39 is 5.82 Å². The molecular weight excluding hydrogens is 457 g/mol. The number of benzene rings is 2. The number of ether oxygens (including phenoxy) is 1. The minimum Gasteiger partial charge on any atom is -0.494 e. The predicted octanol–water partition coefficient (Wildman–Crippen LogP) is 5.51. The van der Waals surface area contributed by atoms with Crippen molar-refractivity contribution in [3.8, 4) is 5.75 Å². The fourth-order valence-corrected chi connectivity index (χ4v) is 4.81. The third-order valence-corrected chi connectivity index (χ3v) is 6.70. The molecule has 5 rings (SSSR count). The SMILES string of the molecule is CCOc1ccc(Nc2ncc(F)c(Nc3ccc4c(c3)N(C(=O)CCl)CC43CCC3)n2)cc1. The third kappa shape index (κ3) is 4.14. The fourth-order valence-electron chi connectivity index (χ4n) is 4.66. The van der Waals surface area contributed by atoms with E-state index in [2.05, 4.69) is 20.6 Å². The van der Waals surface area contributed by atoms with Gasteiger partial charge in [-0.25, -0.2) is 9.37 Å². The monoisotopic (exact) mass is 481 g/mol. The Hall–Kier alpha value is -3.39. The smallest absolute Gasteiger partial charge is 0.241 e. The van der Waals surface area contributed by atoms with Crippen molar-refractivity contribution < 1.29 is 13.9 Å². The Morgan fingerprint density at radius 3 is 2.62 bits per heavy atom. The lowest BCUT2D eigenvalue weighted by atomic mass is 9.66. The highest BCUT2D eigenvalue weighted by Gasteiger charge is 2.48. The van der Waals surface area contributed by atoms with Crippen LogP contribution in [0.3, 0.4) is 0 Å². The predicted molar refractivity (Wildman–Crippen MR) is 131 cm³/mol. The molecule has 0 saturated heterocycles. The van der Waals surface area contributed by atoms with Crippen LogP contribution in [0.15, 0.2) is 48.7 Å². The van der Waals surface area contributed by atoms with Crippen LogP contribution in [0, 0.1) is 5.82 Å². The van der Waals surface area contributed by atoms with E-state index in [-0.39, 0.29) is 29.0 Å². The second-order valence-corrected chi connectivity index (χ2v) is 8.84. The van der Waals surface area contributed by atoms with Crippen molar-refractivity contribution in [3.05, 3.63) is 60.0 Å². The molecule has 2 N–H and O–H groups in total. The fraction of sp³-hybridized carbons (Fsp3) is 0.320. The number of carbonyl (C=O) groups excluding carboxylic acids is 1. The Morgan fingerprint density at radius 2 is 1.94 bits per heavy atom. The minimum absolute atomic E-state index is 0.0184. The topological polar surface area (TPSA) is 79.4 Å². The van der Waals surface area contributed by atoms with Crippen molar-refractivity contribution in [3.63, 3.8) is 0 Å². The van der Waals surface area contributed by atoms with Gasteiger partial charge in [-0.2, -0.15) is 4.98 Å². The van der Waals surface area contributed by atoms with E-state index in [1.54, 1.807) is 4.90 Å². The minimum atomic E-state index is -0.582. The van der Waals surface area contributed by atoms with Crippen LogP contribution in [0.5, 0.6) is 5.75 Å². The van der Waals surface area contributed by atoms with E-state index in [1.807, 2.05) is 49.4 Å². The zero-order chi connectivity index (χ0) is 23.7. The first-order chi connectivity index (χ1) is 16.5. The van der Waals surface area contributed by atoms with Crippen LogP contribution < -0.4 is 20.3 Å². The molecule has 2 aromatic carbocycles. The van der Waals surface area contributed by atoms with Gasteiger partial charge < -0.3 is 20.3 Å². The zero-order valence-corrected chi connectivity index (χ0v) is 19.5. The molecule has 7 nitrogen and oxygen atoms in total. The van der Waals surface area contributed by atoms with E-state index in [0.717, 1.165) is 48.1 Å². The molecular formula is C25H25ClFN5O2. The number of carbonyl (C=O) groups is 1. The van der Waals surface area contributed by atoms with Crippen LogP contribution in [0.2, 0.25) is 0 Å². The van der Waals surface area contributed by atoms with Crippen molar-refractivity contribution in [1.82, 2.24) is 9.97 Å². The van der Waals surface area contributed by atoms with Crippen molar-refractivity contribution in [1.29, 1.82) is 0 Å².